The molecule has 2 heterocycles. The maximum absolute atomic E-state index is 4.55. The maximum atomic E-state index is 4.55. The Morgan fingerprint density at radius 3 is 3.12 bits per heavy atom. The number of hydrogen-bond acceptors (Lipinski definition) is 3. The average molecular weight is 233 g/mol. The Morgan fingerprint density at radius 1 is 1.47 bits per heavy atom. The van der Waals surface area contributed by atoms with Crippen LogP contribution in [0.15, 0.2) is 18.3 Å². The molecule has 1 aromatic heterocycles. The van der Waals surface area contributed by atoms with Gasteiger partial charge in [0.05, 0.1) is 5.69 Å². The molecule has 0 bridgehead atoms. The molecule has 2 rings (SSSR count). The Hall–Kier alpha value is -0.930. The van der Waals surface area contributed by atoms with Gasteiger partial charge in [-0.25, -0.2) is 0 Å². The molecule has 1 saturated heterocycles. The van der Waals surface area contributed by atoms with Crippen LogP contribution in [0.25, 0.3) is 0 Å². The number of nitrogens with zero attached hydrogens (tertiary/aromatic N) is 2. The Bertz CT molecular complexity index is 351. The van der Waals surface area contributed by atoms with E-state index in [0.29, 0.717) is 6.04 Å². The van der Waals surface area contributed by atoms with Crippen LogP contribution in [0.1, 0.15) is 31.5 Å². The van der Waals surface area contributed by atoms with E-state index < -0.39 is 0 Å². The van der Waals surface area contributed by atoms with Crippen LogP contribution in [0.2, 0.25) is 0 Å². The second kappa shape index (κ2) is 6.12. The van der Waals surface area contributed by atoms with Crippen LogP contribution < -0.4 is 5.32 Å². The van der Waals surface area contributed by atoms with Crippen molar-refractivity contribution in [3.8, 4) is 0 Å². The number of hydrogen-bond donors (Lipinski definition) is 1. The van der Waals surface area contributed by atoms with E-state index in [-0.39, 0.29) is 0 Å². The molecular formula is C14H23N3. The lowest BCUT2D eigenvalue weighted by atomic mass is 10.1. The zero-order valence-corrected chi connectivity index (χ0v) is 10.9. The van der Waals surface area contributed by atoms with E-state index in [0.717, 1.165) is 32.6 Å². The number of piperazine rings is 1. The average Bonchev–Trinajstić information content (AvgIpc) is 2.40. The zero-order valence-electron chi connectivity index (χ0n) is 10.9. The topological polar surface area (TPSA) is 28.2 Å². The van der Waals surface area contributed by atoms with Crippen LogP contribution in [0.3, 0.4) is 0 Å². The summed E-state index contributed by atoms with van der Waals surface area (Å²) in [6, 6.07) is 4.90. The first kappa shape index (κ1) is 12.5. The summed E-state index contributed by atoms with van der Waals surface area (Å²) in [5.74, 6) is 0. The van der Waals surface area contributed by atoms with Crippen LogP contribution in [-0.2, 0) is 13.0 Å². The van der Waals surface area contributed by atoms with E-state index in [1.807, 2.05) is 12.3 Å². The van der Waals surface area contributed by atoms with E-state index >= 15 is 0 Å². The van der Waals surface area contributed by atoms with Crippen LogP contribution in [0.5, 0.6) is 0 Å². The maximum Gasteiger partial charge on any atom is 0.0575 e. The highest BCUT2D eigenvalue weighted by Crippen LogP contribution is 2.14. The molecule has 1 aliphatic heterocycles. The first-order valence-corrected chi connectivity index (χ1v) is 6.72. The van der Waals surface area contributed by atoms with Gasteiger partial charge in [-0.1, -0.05) is 19.9 Å². The van der Waals surface area contributed by atoms with Gasteiger partial charge in [-0.05, 0) is 24.5 Å². The van der Waals surface area contributed by atoms with Crippen molar-refractivity contribution in [3.63, 3.8) is 0 Å². The molecule has 0 amide bonds. The quantitative estimate of drug-likeness (QED) is 0.860. The van der Waals surface area contributed by atoms with Gasteiger partial charge in [0, 0.05) is 38.4 Å². The highest BCUT2D eigenvalue weighted by atomic mass is 15.2. The zero-order chi connectivity index (χ0) is 12.1. The fourth-order valence-corrected chi connectivity index (χ4v) is 2.54. The summed E-state index contributed by atoms with van der Waals surface area (Å²) in [6.07, 6.45) is 4.20. The highest BCUT2D eigenvalue weighted by Gasteiger charge is 2.21. The number of nitrogens with one attached hydrogen (secondary N) is 1. The van der Waals surface area contributed by atoms with Gasteiger partial charge in [-0.15, -0.1) is 0 Å². The molecule has 1 N–H and O–H groups in total. The number of aromatic nitrogens is 1. The molecule has 0 spiro atoms. The molecule has 3 heteroatoms. The molecule has 1 aliphatic rings. The lowest BCUT2D eigenvalue weighted by molar-refractivity contribution is 0.147. The third-order valence-electron chi connectivity index (χ3n) is 3.66. The van der Waals surface area contributed by atoms with E-state index in [2.05, 4.69) is 35.1 Å². The minimum atomic E-state index is 0.662. The van der Waals surface area contributed by atoms with Crippen molar-refractivity contribution in [2.75, 3.05) is 19.6 Å². The predicted octanol–water partition coefficient (Wildman–Crippen LogP) is 1.83. The normalized spacial score (nSPS) is 21.6. The molecule has 94 valence electrons. The van der Waals surface area contributed by atoms with Gasteiger partial charge in [0.1, 0.15) is 0 Å². The smallest absolute Gasteiger partial charge is 0.0575 e. The first-order valence-electron chi connectivity index (χ1n) is 6.72. The van der Waals surface area contributed by atoms with Crippen molar-refractivity contribution >= 4 is 0 Å². The summed E-state index contributed by atoms with van der Waals surface area (Å²) >= 11 is 0. The third kappa shape index (κ3) is 3.05. The van der Waals surface area contributed by atoms with Gasteiger partial charge < -0.3 is 5.32 Å². The first-order chi connectivity index (χ1) is 8.35. The minimum absolute atomic E-state index is 0.662. The second-order valence-electron chi connectivity index (χ2n) is 4.70. The second-order valence-corrected chi connectivity index (χ2v) is 4.70. The molecule has 17 heavy (non-hydrogen) atoms. The van der Waals surface area contributed by atoms with Crippen LogP contribution in [-0.4, -0.2) is 35.6 Å². The molecule has 3 nitrogen and oxygen atoms in total. The SMILES string of the molecule is CCc1cccnc1CN1CCNCC1CC. The standard InChI is InChI=1S/C14H23N3/c1-3-12-6-5-7-16-14(12)11-17-9-8-15-10-13(17)4-2/h5-7,13,15H,3-4,8-11H2,1-2H3. The molecule has 1 aromatic rings. The van der Waals surface area contributed by atoms with Gasteiger partial charge in [-0.3, -0.25) is 9.88 Å². The molecule has 0 saturated carbocycles. The summed E-state index contributed by atoms with van der Waals surface area (Å²) in [4.78, 5) is 7.12. The van der Waals surface area contributed by atoms with Crippen LogP contribution >= 0.6 is 0 Å². The van der Waals surface area contributed by atoms with Crippen molar-refractivity contribution < 1.29 is 0 Å². The lowest BCUT2D eigenvalue weighted by Gasteiger charge is -2.35. The van der Waals surface area contributed by atoms with E-state index in [4.69, 9.17) is 0 Å². The van der Waals surface area contributed by atoms with Gasteiger partial charge in [0.15, 0.2) is 0 Å². The summed E-state index contributed by atoms with van der Waals surface area (Å²) < 4.78 is 0. The number of aryl methyl sites for hydroxylation is 1. The third-order valence-corrected chi connectivity index (χ3v) is 3.66. The summed E-state index contributed by atoms with van der Waals surface area (Å²) in [7, 11) is 0. The van der Waals surface area contributed by atoms with E-state index in [1.54, 1.807) is 0 Å². The Morgan fingerprint density at radius 2 is 2.35 bits per heavy atom. The number of pyridine rings is 1. The molecule has 0 radical (unpaired) electrons. The molecule has 0 aliphatic carbocycles. The Labute approximate surface area is 104 Å². The highest BCUT2D eigenvalue weighted by molar-refractivity contribution is 5.19. The van der Waals surface area contributed by atoms with Gasteiger partial charge in [0.2, 0.25) is 0 Å². The molecular weight excluding hydrogens is 210 g/mol. The largest absolute Gasteiger partial charge is 0.314 e. The molecule has 1 atom stereocenters. The van der Waals surface area contributed by atoms with Gasteiger partial charge >= 0.3 is 0 Å². The Kier molecular flexibility index (Phi) is 4.51. The van der Waals surface area contributed by atoms with Gasteiger partial charge in [0.25, 0.3) is 0 Å². The van der Waals surface area contributed by atoms with Crippen molar-refractivity contribution in [3.05, 3.63) is 29.6 Å². The predicted molar refractivity (Wildman–Crippen MR) is 71.0 cm³/mol. The Balaban J connectivity index is 2.08. The number of rotatable bonds is 4. The van der Waals surface area contributed by atoms with Crippen LogP contribution in [0, 0.1) is 0 Å². The minimum Gasteiger partial charge on any atom is -0.314 e. The van der Waals surface area contributed by atoms with Crippen molar-refractivity contribution in [2.24, 2.45) is 0 Å². The molecule has 0 aromatic carbocycles. The van der Waals surface area contributed by atoms with Crippen molar-refractivity contribution in [2.45, 2.75) is 39.3 Å². The van der Waals surface area contributed by atoms with E-state index in [9.17, 15) is 0 Å². The summed E-state index contributed by atoms with van der Waals surface area (Å²) in [6.45, 7) is 8.83. The monoisotopic (exact) mass is 233 g/mol. The fourth-order valence-electron chi connectivity index (χ4n) is 2.54. The van der Waals surface area contributed by atoms with Gasteiger partial charge in [-0.2, -0.15) is 0 Å². The fraction of sp³-hybridized carbons (Fsp3) is 0.643. The summed E-state index contributed by atoms with van der Waals surface area (Å²) in [5, 5.41) is 3.47. The van der Waals surface area contributed by atoms with Crippen molar-refractivity contribution in [1.29, 1.82) is 0 Å². The van der Waals surface area contributed by atoms with Crippen molar-refractivity contribution in [1.82, 2.24) is 15.2 Å². The lowest BCUT2D eigenvalue weighted by Crippen LogP contribution is -2.50. The van der Waals surface area contributed by atoms with E-state index in [1.165, 1.54) is 17.7 Å². The summed E-state index contributed by atoms with van der Waals surface area (Å²) in [5.41, 5.74) is 2.65. The van der Waals surface area contributed by atoms with Crippen LogP contribution in [0.4, 0.5) is 0 Å². The molecule has 1 fully saturated rings. The molecule has 1 unspecified atom stereocenters.